The molecule has 0 nitrogen and oxygen atoms in total. The summed E-state index contributed by atoms with van der Waals surface area (Å²) in [5.74, 6) is 6.57. The summed E-state index contributed by atoms with van der Waals surface area (Å²) in [6.07, 6.45) is 7.24. The van der Waals surface area contributed by atoms with Gasteiger partial charge in [0.05, 0.1) is 0 Å². The van der Waals surface area contributed by atoms with E-state index >= 15 is 0 Å². The molecule has 0 N–H and O–H groups in total. The van der Waals surface area contributed by atoms with Crippen LogP contribution >= 0.6 is 11.3 Å². The first-order valence-electron chi connectivity index (χ1n) is 6.81. The van der Waals surface area contributed by atoms with E-state index in [0.717, 1.165) is 17.6 Å². The molecule has 20 heavy (non-hydrogen) atoms. The van der Waals surface area contributed by atoms with Gasteiger partial charge in [-0.05, 0) is 47.4 Å². The summed E-state index contributed by atoms with van der Waals surface area (Å²) in [5.41, 5.74) is 4.61. The minimum atomic E-state index is 1.00. The lowest BCUT2D eigenvalue weighted by Gasteiger charge is -2.01. The van der Waals surface area contributed by atoms with Crippen molar-refractivity contribution in [2.45, 2.75) is 20.3 Å². The fraction of sp³-hybridized carbons (Fsp3) is 0.158. The third-order valence-corrected chi connectivity index (χ3v) is 3.55. The summed E-state index contributed by atoms with van der Waals surface area (Å²) in [6.45, 7) is 4.15. The van der Waals surface area contributed by atoms with Crippen LogP contribution in [-0.4, -0.2) is 0 Å². The maximum atomic E-state index is 3.31. The van der Waals surface area contributed by atoms with Crippen LogP contribution in [-0.2, 0) is 0 Å². The molecule has 0 aliphatic rings. The van der Waals surface area contributed by atoms with Crippen molar-refractivity contribution >= 4 is 11.3 Å². The van der Waals surface area contributed by atoms with Crippen molar-refractivity contribution in [3.05, 3.63) is 70.5 Å². The van der Waals surface area contributed by atoms with E-state index in [1.54, 1.807) is 11.3 Å². The molecule has 0 atom stereocenters. The summed E-state index contributed by atoms with van der Waals surface area (Å²) in [7, 11) is 0. The topological polar surface area (TPSA) is 0 Å². The van der Waals surface area contributed by atoms with Crippen LogP contribution in [0.5, 0.6) is 0 Å². The Bertz CT molecular complexity index is 661. The summed E-state index contributed by atoms with van der Waals surface area (Å²) in [6, 6.07) is 10.5. The van der Waals surface area contributed by atoms with Crippen molar-refractivity contribution in [3.63, 3.8) is 0 Å². The first kappa shape index (κ1) is 14.4. The Morgan fingerprint density at radius 1 is 1.25 bits per heavy atom. The van der Waals surface area contributed by atoms with Gasteiger partial charge in [0.1, 0.15) is 0 Å². The SMILES string of the molecule is C/C=C\C(C#Cc1ccccc1-c1ccsc1)=C/CC. The Hall–Kier alpha value is -2.04. The zero-order valence-electron chi connectivity index (χ0n) is 11.9. The second kappa shape index (κ2) is 7.53. The molecular weight excluding hydrogens is 260 g/mol. The van der Waals surface area contributed by atoms with Gasteiger partial charge in [-0.25, -0.2) is 0 Å². The number of allylic oxidation sites excluding steroid dienone is 4. The lowest BCUT2D eigenvalue weighted by atomic mass is 10.0. The molecule has 1 heterocycles. The third kappa shape index (κ3) is 3.73. The molecule has 0 radical (unpaired) electrons. The van der Waals surface area contributed by atoms with Gasteiger partial charge in [0.25, 0.3) is 0 Å². The smallest absolute Gasteiger partial charge is 0.0327 e. The first-order valence-corrected chi connectivity index (χ1v) is 7.76. The fourth-order valence-corrected chi connectivity index (χ4v) is 2.62. The van der Waals surface area contributed by atoms with Crippen LogP contribution in [0.25, 0.3) is 11.1 Å². The highest BCUT2D eigenvalue weighted by Crippen LogP contribution is 2.25. The predicted octanol–water partition coefficient (Wildman–Crippen LogP) is 5.68. The van der Waals surface area contributed by atoms with E-state index in [-0.39, 0.29) is 0 Å². The minimum Gasteiger partial charge on any atom is -0.152 e. The summed E-state index contributed by atoms with van der Waals surface area (Å²) in [4.78, 5) is 0. The molecule has 0 saturated carbocycles. The van der Waals surface area contributed by atoms with E-state index in [9.17, 15) is 0 Å². The van der Waals surface area contributed by atoms with Gasteiger partial charge in [0.15, 0.2) is 0 Å². The minimum absolute atomic E-state index is 1.00. The molecular formula is C19H18S. The summed E-state index contributed by atoms with van der Waals surface area (Å²) >= 11 is 1.71. The molecule has 100 valence electrons. The molecule has 0 spiro atoms. The highest BCUT2D eigenvalue weighted by Gasteiger charge is 2.02. The third-order valence-electron chi connectivity index (χ3n) is 2.87. The lowest BCUT2D eigenvalue weighted by molar-refractivity contribution is 1.21. The number of hydrogen-bond donors (Lipinski definition) is 0. The maximum Gasteiger partial charge on any atom is 0.0327 e. The van der Waals surface area contributed by atoms with E-state index in [1.165, 1.54) is 11.1 Å². The van der Waals surface area contributed by atoms with Gasteiger partial charge >= 0.3 is 0 Å². The molecule has 1 aromatic heterocycles. The van der Waals surface area contributed by atoms with E-state index in [0.29, 0.717) is 0 Å². The Balaban J connectivity index is 2.38. The van der Waals surface area contributed by atoms with E-state index in [1.807, 2.05) is 19.1 Å². The van der Waals surface area contributed by atoms with Crippen LogP contribution in [0.3, 0.4) is 0 Å². The van der Waals surface area contributed by atoms with Gasteiger partial charge in [-0.2, -0.15) is 11.3 Å². The monoisotopic (exact) mass is 278 g/mol. The predicted molar refractivity (Wildman–Crippen MR) is 89.8 cm³/mol. The molecule has 0 saturated heterocycles. The van der Waals surface area contributed by atoms with Gasteiger partial charge < -0.3 is 0 Å². The largest absolute Gasteiger partial charge is 0.152 e. The molecule has 0 amide bonds. The van der Waals surface area contributed by atoms with Crippen molar-refractivity contribution < 1.29 is 0 Å². The van der Waals surface area contributed by atoms with Crippen LogP contribution in [0.1, 0.15) is 25.8 Å². The van der Waals surface area contributed by atoms with Crippen molar-refractivity contribution in [3.8, 4) is 23.0 Å². The average molecular weight is 278 g/mol. The maximum absolute atomic E-state index is 3.31. The second-order valence-corrected chi connectivity index (χ2v) is 5.16. The molecule has 1 aromatic carbocycles. The second-order valence-electron chi connectivity index (χ2n) is 4.38. The quantitative estimate of drug-likeness (QED) is 0.500. The Kier molecular flexibility index (Phi) is 5.41. The average Bonchev–Trinajstić information content (AvgIpc) is 2.99. The van der Waals surface area contributed by atoms with Gasteiger partial charge in [0.2, 0.25) is 0 Å². The zero-order valence-corrected chi connectivity index (χ0v) is 12.7. The molecule has 0 fully saturated rings. The van der Waals surface area contributed by atoms with Crippen LogP contribution < -0.4 is 0 Å². The highest BCUT2D eigenvalue weighted by molar-refractivity contribution is 7.08. The Morgan fingerprint density at radius 2 is 2.10 bits per heavy atom. The lowest BCUT2D eigenvalue weighted by Crippen LogP contribution is -1.82. The standard InChI is InChI=1S/C19H18S/c1-3-7-16(8-4-2)11-12-17-9-5-6-10-19(17)18-13-14-20-15-18/h3,5-10,13-15H,4H2,1-2H3/b7-3-,16-8+. The van der Waals surface area contributed by atoms with Crippen molar-refractivity contribution in [1.82, 2.24) is 0 Å². The van der Waals surface area contributed by atoms with Crippen LogP contribution in [0.2, 0.25) is 0 Å². The summed E-state index contributed by atoms with van der Waals surface area (Å²) < 4.78 is 0. The Labute approximate surface area is 125 Å². The zero-order chi connectivity index (χ0) is 14.2. The first-order chi connectivity index (χ1) is 9.85. The van der Waals surface area contributed by atoms with E-state index in [2.05, 4.69) is 65.9 Å². The number of thiophene rings is 1. The fourth-order valence-electron chi connectivity index (χ4n) is 1.96. The molecule has 0 aliphatic carbocycles. The van der Waals surface area contributed by atoms with Crippen molar-refractivity contribution in [2.24, 2.45) is 0 Å². The van der Waals surface area contributed by atoms with Gasteiger partial charge in [-0.1, -0.05) is 55.2 Å². The number of rotatable bonds is 3. The van der Waals surface area contributed by atoms with Crippen LogP contribution in [0.4, 0.5) is 0 Å². The van der Waals surface area contributed by atoms with Gasteiger partial charge in [-0.3, -0.25) is 0 Å². The number of hydrogen-bond acceptors (Lipinski definition) is 1. The van der Waals surface area contributed by atoms with Crippen molar-refractivity contribution in [1.29, 1.82) is 0 Å². The van der Waals surface area contributed by atoms with Crippen LogP contribution in [0, 0.1) is 11.8 Å². The molecule has 2 rings (SSSR count). The Morgan fingerprint density at radius 3 is 2.80 bits per heavy atom. The van der Waals surface area contributed by atoms with E-state index < -0.39 is 0 Å². The van der Waals surface area contributed by atoms with Gasteiger partial charge in [0, 0.05) is 11.1 Å². The molecule has 1 heteroatoms. The highest BCUT2D eigenvalue weighted by atomic mass is 32.1. The van der Waals surface area contributed by atoms with Gasteiger partial charge in [-0.15, -0.1) is 0 Å². The number of benzene rings is 1. The normalized spacial score (nSPS) is 11.4. The van der Waals surface area contributed by atoms with E-state index in [4.69, 9.17) is 0 Å². The van der Waals surface area contributed by atoms with Crippen molar-refractivity contribution in [2.75, 3.05) is 0 Å². The molecule has 0 aliphatic heterocycles. The van der Waals surface area contributed by atoms with Crippen LogP contribution in [0.15, 0.2) is 64.9 Å². The molecule has 0 bridgehead atoms. The summed E-state index contributed by atoms with van der Waals surface area (Å²) in [5, 5.41) is 4.26. The molecule has 2 aromatic rings. The molecule has 0 unspecified atom stereocenters.